The highest BCUT2D eigenvalue weighted by atomic mass is 31.1. The maximum absolute atomic E-state index is 2.35. The highest BCUT2D eigenvalue weighted by molar-refractivity contribution is 7.73. The van der Waals surface area contributed by atoms with Crippen LogP contribution in [0.3, 0.4) is 0 Å². The fourth-order valence-electron chi connectivity index (χ4n) is 7.02. The van der Waals surface area contributed by atoms with Crippen molar-refractivity contribution in [3.05, 3.63) is 182 Å². The summed E-state index contributed by atoms with van der Waals surface area (Å²) in [5, 5.41) is 9.13. The van der Waals surface area contributed by atoms with Gasteiger partial charge in [0.15, 0.2) is 0 Å². The first-order chi connectivity index (χ1) is 25.8. The van der Waals surface area contributed by atoms with Crippen molar-refractivity contribution < 1.29 is 0 Å². The SMILES string of the molecule is c1ccc(P(CCCCP(CCCCP(c2ccccc2)c2ccccc2)CCCCP(c2ccccc2)c2ccccc2)c2ccccc2)cc1. The summed E-state index contributed by atoms with van der Waals surface area (Å²) in [4.78, 5) is 0. The van der Waals surface area contributed by atoms with Crippen molar-refractivity contribution in [2.24, 2.45) is 0 Å². The van der Waals surface area contributed by atoms with Crippen molar-refractivity contribution in [1.82, 2.24) is 0 Å². The lowest BCUT2D eigenvalue weighted by Gasteiger charge is -2.23. The Kier molecular flexibility index (Phi) is 16.6. The standard InChI is InChI=1S/C48H54P4/c1-7-25-43(26-8-1)50(44-27-9-2-10-28-44)40-22-19-37-49(38-20-23-41-51(45-29-11-3-12-30-45)46-31-13-4-14-32-46)39-21-24-42-52(47-33-15-5-16-34-47)48-35-17-6-18-36-48/h1-18,25-36H,19-24,37-42H2. The predicted molar refractivity (Wildman–Crippen MR) is 241 cm³/mol. The average molecular weight is 755 g/mol. The number of hydrogen-bond donors (Lipinski definition) is 0. The Bertz CT molecular complexity index is 1450. The molecule has 0 bridgehead atoms. The lowest BCUT2D eigenvalue weighted by molar-refractivity contribution is 0.854. The summed E-state index contributed by atoms with van der Waals surface area (Å²) in [6, 6.07) is 67.8. The molecule has 266 valence electrons. The van der Waals surface area contributed by atoms with Crippen LogP contribution in [0.15, 0.2) is 182 Å². The summed E-state index contributed by atoms with van der Waals surface area (Å²) in [6.45, 7) is 0. The molecule has 0 spiro atoms. The Labute approximate surface area is 319 Å². The molecular weight excluding hydrogens is 700 g/mol. The van der Waals surface area contributed by atoms with Crippen LogP contribution in [0.2, 0.25) is 0 Å². The molecule has 6 aromatic carbocycles. The second kappa shape index (κ2) is 22.3. The second-order valence-corrected chi connectivity index (χ2v) is 23.1. The normalized spacial score (nSPS) is 11.5. The van der Waals surface area contributed by atoms with Gasteiger partial charge >= 0.3 is 0 Å². The Balaban J connectivity index is 1.06. The summed E-state index contributed by atoms with van der Waals surface area (Å²) in [7, 11) is -0.860. The first-order valence-corrected chi connectivity index (χ1v) is 25.7. The molecule has 0 nitrogen and oxygen atoms in total. The van der Waals surface area contributed by atoms with Crippen LogP contribution in [0, 0.1) is 0 Å². The molecule has 0 N–H and O–H groups in total. The van der Waals surface area contributed by atoms with Gasteiger partial charge in [0.05, 0.1) is 0 Å². The minimum atomic E-state index is -0.301. The minimum absolute atomic E-state index is 0.0428. The Hall–Kier alpha value is -2.96. The number of unbranched alkanes of at least 4 members (excludes halogenated alkanes) is 3. The van der Waals surface area contributed by atoms with E-state index in [2.05, 4.69) is 182 Å². The highest BCUT2D eigenvalue weighted by Gasteiger charge is 2.17. The van der Waals surface area contributed by atoms with Crippen molar-refractivity contribution in [3.63, 3.8) is 0 Å². The van der Waals surface area contributed by atoms with Crippen molar-refractivity contribution in [2.75, 3.05) is 37.0 Å². The van der Waals surface area contributed by atoms with E-state index in [9.17, 15) is 0 Å². The average Bonchev–Trinajstić information content (AvgIpc) is 3.22. The van der Waals surface area contributed by atoms with Crippen LogP contribution in [-0.4, -0.2) is 37.0 Å². The van der Waals surface area contributed by atoms with Gasteiger partial charge in [0, 0.05) is 0 Å². The molecule has 52 heavy (non-hydrogen) atoms. The zero-order valence-corrected chi connectivity index (χ0v) is 34.2. The van der Waals surface area contributed by atoms with E-state index in [1.54, 1.807) is 0 Å². The van der Waals surface area contributed by atoms with E-state index in [-0.39, 0.29) is 31.7 Å². The lowest BCUT2D eigenvalue weighted by Crippen LogP contribution is -2.14. The van der Waals surface area contributed by atoms with Gasteiger partial charge in [-0.05, 0) is 131 Å². The third kappa shape index (κ3) is 12.3. The summed E-state index contributed by atoms with van der Waals surface area (Å²) in [5.41, 5.74) is 0. The third-order valence-corrected chi connectivity index (χ3v) is 20.4. The van der Waals surface area contributed by atoms with E-state index >= 15 is 0 Å². The molecule has 6 aromatic rings. The number of hydrogen-bond acceptors (Lipinski definition) is 0. The molecule has 4 heteroatoms. The monoisotopic (exact) mass is 754 g/mol. The molecule has 0 unspecified atom stereocenters. The molecule has 0 fully saturated rings. The quantitative estimate of drug-likeness (QED) is 0.0507. The smallest absolute Gasteiger partial charge is 0.0195 e. The Morgan fingerprint density at radius 3 is 0.577 bits per heavy atom. The molecule has 0 radical (unpaired) electrons. The largest absolute Gasteiger partial charge is 0.107 e. The van der Waals surface area contributed by atoms with Gasteiger partial charge in [-0.15, -0.1) is 7.92 Å². The molecule has 0 heterocycles. The van der Waals surface area contributed by atoms with Gasteiger partial charge in [0.1, 0.15) is 0 Å². The first-order valence-electron chi connectivity index (χ1n) is 19.2. The van der Waals surface area contributed by atoms with E-state index in [0.29, 0.717) is 0 Å². The Morgan fingerprint density at radius 1 is 0.212 bits per heavy atom. The summed E-state index contributed by atoms with van der Waals surface area (Å²) in [6.07, 6.45) is 16.3. The van der Waals surface area contributed by atoms with Crippen molar-refractivity contribution in [1.29, 1.82) is 0 Å². The van der Waals surface area contributed by atoms with Crippen LogP contribution < -0.4 is 31.8 Å². The van der Waals surface area contributed by atoms with Crippen LogP contribution in [0.5, 0.6) is 0 Å². The molecule has 0 aliphatic carbocycles. The summed E-state index contributed by atoms with van der Waals surface area (Å²) in [5.74, 6) is 0. The zero-order valence-electron chi connectivity index (χ0n) is 30.6. The van der Waals surface area contributed by atoms with Crippen LogP contribution in [0.4, 0.5) is 0 Å². The van der Waals surface area contributed by atoms with E-state index < -0.39 is 0 Å². The van der Waals surface area contributed by atoms with Gasteiger partial charge in [-0.25, -0.2) is 0 Å². The topological polar surface area (TPSA) is 0 Å². The predicted octanol–water partition coefficient (Wildman–Crippen LogP) is 11.2. The van der Waals surface area contributed by atoms with Crippen LogP contribution >= 0.6 is 31.7 Å². The first kappa shape index (κ1) is 38.8. The van der Waals surface area contributed by atoms with Crippen molar-refractivity contribution in [2.45, 2.75) is 38.5 Å². The molecule has 0 aromatic heterocycles. The van der Waals surface area contributed by atoms with E-state index in [1.165, 1.54) is 107 Å². The lowest BCUT2D eigenvalue weighted by atomic mass is 10.4. The van der Waals surface area contributed by atoms with Crippen molar-refractivity contribution in [3.8, 4) is 0 Å². The number of benzene rings is 6. The highest BCUT2D eigenvalue weighted by Crippen LogP contribution is 2.43. The van der Waals surface area contributed by atoms with Gasteiger partial charge in [0.2, 0.25) is 0 Å². The molecule has 0 atom stereocenters. The second-order valence-electron chi connectivity index (χ2n) is 13.4. The molecule has 0 saturated heterocycles. The third-order valence-electron chi connectivity index (χ3n) is 9.73. The zero-order chi connectivity index (χ0) is 35.5. The maximum atomic E-state index is 2.35. The number of rotatable bonds is 21. The molecular formula is C48H54P4. The van der Waals surface area contributed by atoms with E-state index in [1.807, 2.05) is 0 Å². The molecule has 6 rings (SSSR count). The van der Waals surface area contributed by atoms with Crippen LogP contribution in [0.1, 0.15) is 38.5 Å². The van der Waals surface area contributed by atoms with Crippen LogP contribution in [-0.2, 0) is 0 Å². The minimum Gasteiger partial charge on any atom is -0.107 e. The van der Waals surface area contributed by atoms with Gasteiger partial charge in [-0.2, -0.15) is 0 Å². The summed E-state index contributed by atoms with van der Waals surface area (Å²) < 4.78 is 0. The fourth-order valence-corrected chi connectivity index (χ4v) is 17.0. The van der Waals surface area contributed by atoms with Gasteiger partial charge in [-0.1, -0.05) is 182 Å². The fraction of sp³-hybridized carbons (Fsp3) is 0.250. The molecule has 0 aliphatic rings. The molecule has 0 aliphatic heterocycles. The molecule has 0 amide bonds. The summed E-state index contributed by atoms with van der Waals surface area (Å²) >= 11 is 0. The van der Waals surface area contributed by atoms with Gasteiger partial charge < -0.3 is 0 Å². The van der Waals surface area contributed by atoms with Crippen LogP contribution in [0.25, 0.3) is 0 Å². The van der Waals surface area contributed by atoms with E-state index in [0.717, 1.165) is 0 Å². The van der Waals surface area contributed by atoms with Crippen molar-refractivity contribution >= 4 is 63.5 Å². The van der Waals surface area contributed by atoms with Gasteiger partial charge in [-0.3, -0.25) is 0 Å². The van der Waals surface area contributed by atoms with Gasteiger partial charge in [0.25, 0.3) is 0 Å². The maximum Gasteiger partial charge on any atom is -0.0195 e. The Morgan fingerprint density at radius 2 is 0.385 bits per heavy atom. The molecule has 0 saturated carbocycles. The van der Waals surface area contributed by atoms with E-state index in [4.69, 9.17) is 0 Å².